The van der Waals surface area contributed by atoms with Gasteiger partial charge in [-0.15, -0.1) is 0 Å². The molecule has 134 valence electrons. The molecule has 2 aromatic rings. The highest BCUT2D eigenvalue weighted by Crippen LogP contribution is 2.05. The van der Waals surface area contributed by atoms with E-state index in [1.807, 2.05) is 30.3 Å². The fourth-order valence-electron chi connectivity index (χ4n) is 2.00. The Bertz CT molecular complexity index is 822. The van der Waals surface area contributed by atoms with Crippen LogP contribution < -0.4 is 16.2 Å². The number of hydrazine groups is 1. The van der Waals surface area contributed by atoms with Gasteiger partial charge in [0.15, 0.2) is 0 Å². The molecule has 0 saturated heterocycles. The van der Waals surface area contributed by atoms with Gasteiger partial charge in [0.1, 0.15) is 11.9 Å². The molecular weight excluding hydrogens is 337 g/mol. The van der Waals surface area contributed by atoms with Crippen molar-refractivity contribution in [2.75, 3.05) is 0 Å². The van der Waals surface area contributed by atoms with E-state index in [-0.39, 0.29) is 5.56 Å². The summed E-state index contributed by atoms with van der Waals surface area (Å²) in [5.41, 5.74) is 4.89. The van der Waals surface area contributed by atoms with Crippen molar-refractivity contribution in [2.45, 2.75) is 13.0 Å². The van der Waals surface area contributed by atoms with Crippen molar-refractivity contribution in [3.8, 4) is 0 Å². The summed E-state index contributed by atoms with van der Waals surface area (Å²) in [5.74, 6) is -2.60. The smallest absolute Gasteiger partial charge is 0.272 e. The van der Waals surface area contributed by atoms with Crippen molar-refractivity contribution in [3.63, 3.8) is 0 Å². The van der Waals surface area contributed by atoms with E-state index in [4.69, 9.17) is 0 Å². The Labute approximate surface area is 150 Å². The lowest BCUT2D eigenvalue weighted by molar-refractivity contribution is -0.127. The Kier molecular flexibility index (Phi) is 6.61. The lowest BCUT2D eigenvalue weighted by Crippen LogP contribution is -2.51. The molecule has 2 aromatic carbocycles. The molecule has 26 heavy (non-hydrogen) atoms. The van der Waals surface area contributed by atoms with Gasteiger partial charge in [0.25, 0.3) is 11.8 Å². The highest BCUT2D eigenvalue weighted by Gasteiger charge is 2.16. The summed E-state index contributed by atoms with van der Waals surface area (Å²) in [7, 11) is 0. The number of hydrogen-bond donors (Lipinski definition) is 3. The molecule has 1 unspecified atom stereocenters. The van der Waals surface area contributed by atoms with Gasteiger partial charge in [0.2, 0.25) is 5.91 Å². The second kappa shape index (κ2) is 9.12. The Morgan fingerprint density at radius 3 is 2.31 bits per heavy atom. The van der Waals surface area contributed by atoms with Gasteiger partial charge in [-0.2, -0.15) is 0 Å². The minimum atomic E-state index is -0.899. The maximum Gasteiger partial charge on any atom is 0.272 e. The molecule has 3 amide bonds. The summed E-state index contributed by atoms with van der Waals surface area (Å²) in [4.78, 5) is 35.5. The largest absolute Gasteiger partial charge is 0.341 e. The fraction of sp³-hybridized carbons (Fsp3) is 0.105. The maximum atomic E-state index is 13.5. The van der Waals surface area contributed by atoms with Crippen LogP contribution in [-0.2, 0) is 9.59 Å². The van der Waals surface area contributed by atoms with Gasteiger partial charge in [-0.25, -0.2) is 4.39 Å². The van der Waals surface area contributed by atoms with Gasteiger partial charge in [-0.1, -0.05) is 42.5 Å². The normalized spacial score (nSPS) is 11.6. The summed E-state index contributed by atoms with van der Waals surface area (Å²) < 4.78 is 13.5. The topological polar surface area (TPSA) is 87.3 Å². The molecule has 0 fully saturated rings. The van der Waals surface area contributed by atoms with Crippen LogP contribution in [0.25, 0.3) is 6.08 Å². The molecule has 0 aliphatic rings. The van der Waals surface area contributed by atoms with E-state index in [0.29, 0.717) is 0 Å². The zero-order chi connectivity index (χ0) is 18.9. The monoisotopic (exact) mass is 355 g/mol. The maximum absolute atomic E-state index is 13.5. The number of amides is 3. The molecule has 6 nitrogen and oxygen atoms in total. The third-order valence-electron chi connectivity index (χ3n) is 3.40. The summed E-state index contributed by atoms with van der Waals surface area (Å²) in [6.45, 7) is 1.46. The molecule has 0 bridgehead atoms. The van der Waals surface area contributed by atoms with Gasteiger partial charge < -0.3 is 5.32 Å². The number of nitrogens with one attached hydrogen (secondary N) is 3. The lowest BCUT2D eigenvalue weighted by Gasteiger charge is -2.13. The molecule has 0 radical (unpaired) electrons. The Morgan fingerprint density at radius 1 is 0.962 bits per heavy atom. The van der Waals surface area contributed by atoms with Crippen LogP contribution in [0.2, 0.25) is 0 Å². The van der Waals surface area contributed by atoms with Crippen molar-refractivity contribution in [2.24, 2.45) is 0 Å². The molecule has 0 spiro atoms. The minimum Gasteiger partial charge on any atom is -0.341 e. The first kappa shape index (κ1) is 18.9. The van der Waals surface area contributed by atoms with E-state index in [1.165, 1.54) is 31.2 Å². The van der Waals surface area contributed by atoms with E-state index in [0.717, 1.165) is 11.6 Å². The van der Waals surface area contributed by atoms with Crippen LogP contribution in [0.15, 0.2) is 60.7 Å². The van der Waals surface area contributed by atoms with E-state index in [2.05, 4.69) is 16.2 Å². The van der Waals surface area contributed by atoms with Crippen LogP contribution in [0.4, 0.5) is 4.39 Å². The van der Waals surface area contributed by atoms with Gasteiger partial charge in [0, 0.05) is 6.08 Å². The molecule has 0 saturated carbocycles. The lowest BCUT2D eigenvalue weighted by atomic mass is 10.2. The Hall–Kier alpha value is -3.48. The average molecular weight is 355 g/mol. The van der Waals surface area contributed by atoms with Gasteiger partial charge in [-0.05, 0) is 30.7 Å². The van der Waals surface area contributed by atoms with Crippen LogP contribution >= 0.6 is 0 Å². The summed E-state index contributed by atoms with van der Waals surface area (Å²) in [6, 6.07) is 13.7. The molecule has 0 aromatic heterocycles. The SMILES string of the molecule is CC(NC(=O)/C=C/c1ccccc1)C(=O)NNC(=O)c1ccccc1F. The summed E-state index contributed by atoms with van der Waals surface area (Å²) >= 11 is 0. The predicted molar refractivity (Wildman–Crippen MR) is 95.1 cm³/mol. The van der Waals surface area contributed by atoms with Gasteiger partial charge in [0.05, 0.1) is 5.56 Å². The summed E-state index contributed by atoms with van der Waals surface area (Å²) in [6.07, 6.45) is 2.91. The van der Waals surface area contributed by atoms with E-state index in [9.17, 15) is 18.8 Å². The van der Waals surface area contributed by atoms with Crippen molar-refractivity contribution in [1.29, 1.82) is 0 Å². The van der Waals surface area contributed by atoms with Crippen molar-refractivity contribution in [3.05, 3.63) is 77.6 Å². The second-order valence-corrected chi connectivity index (χ2v) is 5.40. The molecule has 0 aliphatic carbocycles. The number of halogens is 1. The highest BCUT2D eigenvalue weighted by molar-refractivity contribution is 5.98. The molecule has 3 N–H and O–H groups in total. The Morgan fingerprint density at radius 2 is 1.62 bits per heavy atom. The molecular formula is C19H18FN3O3. The third kappa shape index (κ3) is 5.55. The third-order valence-corrected chi connectivity index (χ3v) is 3.40. The van der Waals surface area contributed by atoms with Crippen LogP contribution in [-0.4, -0.2) is 23.8 Å². The Balaban J connectivity index is 1.82. The molecule has 1 atom stereocenters. The standard InChI is InChI=1S/C19H18FN3O3/c1-13(21-17(24)12-11-14-7-3-2-4-8-14)18(25)22-23-19(26)15-9-5-6-10-16(15)20/h2-13H,1H3,(H,21,24)(H,22,25)(H,23,26)/b12-11+. The molecule has 2 rings (SSSR count). The van der Waals surface area contributed by atoms with Gasteiger partial charge in [-0.3, -0.25) is 25.2 Å². The first-order valence-electron chi connectivity index (χ1n) is 7.85. The number of carbonyl (C=O) groups excluding carboxylic acids is 3. The first-order chi connectivity index (χ1) is 12.5. The highest BCUT2D eigenvalue weighted by atomic mass is 19.1. The number of hydrogen-bond acceptors (Lipinski definition) is 3. The van der Waals surface area contributed by atoms with Gasteiger partial charge >= 0.3 is 0 Å². The minimum absolute atomic E-state index is 0.199. The van der Waals surface area contributed by atoms with Crippen molar-refractivity contribution >= 4 is 23.8 Å². The van der Waals surface area contributed by atoms with E-state index < -0.39 is 29.6 Å². The molecule has 0 aliphatic heterocycles. The van der Waals surface area contributed by atoms with E-state index in [1.54, 1.807) is 6.08 Å². The van der Waals surface area contributed by atoms with Crippen molar-refractivity contribution in [1.82, 2.24) is 16.2 Å². The zero-order valence-electron chi connectivity index (χ0n) is 14.0. The second-order valence-electron chi connectivity index (χ2n) is 5.40. The van der Waals surface area contributed by atoms with Crippen LogP contribution in [0.3, 0.4) is 0 Å². The quantitative estimate of drug-likeness (QED) is 0.565. The average Bonchev–Trinajstić information content (AvgIpc) is 2.65. The first-order valence-corrected chi connectivity index (χ1v) is 7.85. The predicted octanol–water partition coefficient (Wildman–Crippen LogP) is 1.80. The van der Waals surface area contributed by atoms with Crippen LogP contribution in [0.1, 0.15) is 22.8 Å². The molecule has 0 heterocycles. The number of benzene rings is 2. The number of carbonyl (C=O) groups is 3. The zero-order valence-corrected chi connectivity index (χ0v) is 14.0. The number of rotatable bonds is 5. The summed E-state index contributed by atoms with van der Waals surface area (Å²) in [5, 5.41) is 2.46. The van der Waals surface area contributed by atoms with Crippen LogP contribution in [0.5, 0.6) is 0 Å². The van der Waals surface area contributed by atoms with E-state index >= 15 is 0 Å². The molecule has 7 heteroatoms. The fourth-order valence-corrected chi connectivity index (χ4v) is 2.00. The van der Waals surface area contributed by atoms with Crippen molar-refractivity contribution < 1.29 is 18.8 Å². The van der Waals surface area contributed by atoms with Crippen LogP contribution in [0, 0.1) is 5.82 Å².